The highest BCUT2D eigenvalue weighted by Gasteiger charge is 2.09. The van der Waals surface area contributed by atoms with Crippen LogP contribution in [0.5, 0.6) is 0 Å². The number of fused-ring (bicyclic) bond motifs is 1. The molecule has 0 saturated carbocycles. The fourth-order valence-corrected chi connectivity index (χ4v) is 2.65. The van der Waals surface area contributed by atoms with Gasteiger partial charge in [-0.2, -0.15) is 10.4 Å². The molecule has 1 heterocycles. The van der Waals surface area contributed by atoms with Crippen LogP contribution in [0.25, 0.3) is 10.9 Å². The van der Waals surface area contributed by atoms with Crippen LogP contribution in [-0.2, 0) is 11.3 Å². The van der Waals surface area contributed by atoms with E-state index in [0.717, 1.165) is 22.0 Å². The van der Waals surface area contributed by atoms with E-state index in [-0.39, 0.29) is 5.91 Å². The first-order valence-electron chi connectivity index (χ1n) is 7.54. The van der Waals surface area contributed by atoms with Crippen molar-refractivity contribution in [1.29, 1.82) is 5.26 Å². The Bertz CT molecular complexity index is 963. The van der Waals surface area contributed by atoms with Crippen molar-refractivity contribution >= 4 is 23.0 Å². The van der Waals surface area contributed by atoms with E-state index in [9.17, 15) is 10.1 Å². The van der Waals surface area contributed by atoms with Gasteiger partial charge in [-0.25, -0.2) is 5.43 Å². The number of nitrogens with one attached hydrogen (secondary N) is 1. The number of hydrogen-bond donors (Lipinski definition) is 1. The quantitative estimate of drug-likeness (QED) is 0.593. The Labute approximate surface area is 139 Å². The Balaban J connectivity index is 2.01. The van der Waals surface area contributed by atoms with Crippen LogP contribution in [0, 0.1) is 11.3 Å². The van der Waals surface area contributed by atoms with Crippen molar-refractivity contribution < 1.29 is 4.79 Å². The number of para-hydroxylation sites is 1. The van der Waals surface area contributed by atoms with Gasteiger partial charge in [0, 0.05) is 36.1 Å². The van der Waals surface area contributed by atoms with Gasteiger partial charge in [-0.05, 0) is 17.7 Å². The molecule has 1 aromatic heterocycles. The van der Waals surface area contributed by atoms with Crippen LogP contribution in [0.2, 0.25) is 0 Å². The van der Waals surface area contributed by atoms with Crippen molar-refractivity contribution in [3.63, 3.8) is 0 Å². The lowest BCUT2D eigenvalue weighted by atomic mass is 10.1. The summed E-state index contributed by atoms with van der Waals surface area (Å²) < 4.78 is 2.08. The maximum Gasteiger partial charge on any atom is 0.236 e. The van der Waals surface area contributed by atoms with Gasteiger partial charge in [0.15, 0.2) is 0 Å². The van der Waals surface area contributed by atoms with Crippen molar-refractivity contribution in [3.05, 3.63) is 71.4 Å². The molecule has 3 rings (SSSR count). The van der Waals surface area contributed by atoms with E-state index in [2.05, 4.69) is 21.2 Å². The zero-order valence-electron chi connectivity index (χ0n) is 13.2. The number of hydrogen-bond acceptors (Lipinski definition) is 3. The Kier molecular flexibility index (Phi) is 4.39. The Morgan fingerprint density at radius 3 is 2.79 bits per heavy atom. The molecule has 0 aliphatic carbocycles. The average Bonchev–Trinajstić information content (AvgIpc) is 2.93. The topological polar surface area (TPSA) is 70.2 Å². The van der Waals surface area contributed by atoms with Gasteiger partial charge < -0.3 is 4.57 Å². The van der Waals surface area contributed by atoms with Crippen LogP contribution in [0.1, 0.15) is 23.6 Å². The lowest BCUT2D eigenvalue weighted by molar-refractivity contribution is -0.118. The van der Waals surface area contributed by atoms with Crippen molar-refractivity contribution in [2.45, 2.75) is 13.5 Å². The van der Waals surface area contributed by atoms with Crippen molar-refractivity contribution in [2.24, 2.45) is 5.10 Å². The molecule has 24 heavy (non-hydrogen) atoms. The summed E-state index contributed by atoms with van der Waals surface area (Å²) in [6.07, 6.45) is 3.61. The molecule has 1 N–H and O–H groups in total. The highest BCUT2D eigenvalue weighted by Crippen LogP contribution is 2.22. The Hall–Kier alpha value is -3.39. The molecule has 5 heteroatoms. The lowest BCUT2D eigenvalue weighted by Gasteiger charge is -2.07. The molecule has 2 aromatic carbocycles. The third-order valence-electron chi connectivity index (χ3n) is 3.72. The van der Waals surface area contributed by atoms with Crippen LogP contribution in [0.4, 0.5) is 0 Å². The summed E-state index contributed by atoms with van der Waals surface area (Å²) in [7, 11) is 0. The van der Waals surface area contributed by atoms with E-state index in [0.29, 0.717) is 12.1 Å². The summed E-state index contributed by atoms with van der Waals surface area (Å²) in [5.74, 6) is -0.210. The third-order valence-corrected chi connectivity index (χ3v) is 3.72. The molecule has 0 bridgehead atoms. The molecule has 118 valence electrons. The molecule has 5 nitrogen and oxygen atoms in total. The Morgan fingerprint density at radius 2 is 2.00 bits per heavy atom. The zero-order valence-corrected chi connectivity index (χ0v) is 13.2. The van der Waals surface area contributed by atoms with Gasteiger partial charge in [-0.3, -0.25) is 4.79 Å². The number of carbonyl (C=O) groups is 1. The van der Waals surface area contributed by atoms with Crippen LogP contribution < -0.4 is 5.43 Å². The van der Waals surface area contributed by atoms with Crippen molar-refractivity contribution in [3.8, 4) is 6.07 Å². The van der Waals surface area contributed by atoms with E-state index in [1.807, 2.05) is 54.7 Å². The van der Waals surface area contributed by atoms with Gasteiger partial charge >= 0.3 is 0 Å². The van der Waals surface area contributed by atoms with Crippen LogP contribution in [0.15, 0.2) is 59.8 Å². The van der Waals surface area contributed by atoms with E-state index >= 15 is 0 Å². The summed E-state index contributed by atoms with van der Waals surface area (Å²) in [5.41, 5.74) is 6.01. The molecule has 0 fully saturated rings. The van der Waals surface area contributed by atoms with Crippen LogP contribution in [-0.4, -0.2) is 16.7 Å². The molecule has 0 unspecified atom stereocenters. The van der Waals surface area contributed by atoms with E-state index < -0.39 is 0 Å². The van der Waals surface area contributed by atoms with Gasteiger partial charge in [0.05, 0.1) is 17.8 Å². The number of benzene rings is 2. The lowest BCUT2D eigenvalue weighted by Crippen LogP contribution is -2.12. The second-order valence-electron chi connectivity index (χ2n) is 5.42. The number of hydrazone groups is 1. The van der Waals surface area contributed by atoms with Gasteiger partial charge in [0.1, 0.15) is 0 Å². The summed E-state index contributed by atoms with van der Waals surface area (Å²) in [6, 6.07) is 17.8. The summed E-state index contributed by atoms with van der Waals surface area (Å²) in [4.78, 5) is 11.0. The first-order valence-corrected chi connectivity index (χ1v) is 7.54. The number of nitrogens with zero attached hydrogens (tertiary/aromatic N) is 3. The minimum Gasteiger partial charge on any atom is -0.342 e. The largest absolute Gasteiger partial charge is 0.342 e. The fraction of sp³-hybridized carbons (Fsp3) is 0.105. The molecule has 0 aliphatic rings. The fourth-order valence-electron chi connectivity index (χ4n) is 2.65. The van der Waals surface area contributed by atoms with E-state index in [1.54, 1.807) is 6.21 Å². The molecule has 3 aromatic rings. The molecule has 0 saturated heterocycles. The van der Waals surface area contributed by atoms with Crippen molar-refractivity contribution in [1.82, 2.24) is 9.99 Å². The van der Waals surface area contributed by atoms with Crippen LogP contribution >= 0.6 is 0 Å². The monoisotopic (exact) mass is 316 g/mol. The normalized spacial score (nSPS) is 10.8. The minimum absolute atomic E-state index is 0.210. The van der Waals surface area contributed by atoms with E-state index in [1.165, 1.54) is 6.92 Å². The summed E-state index contributed by atoms with van der Waals surface area (Å²) in [5, 5.41) is 14.3. The van der Waals surface area contributed by atoms with E-state index in [4.69, 9.17) is 0 Å². The predicted molar refractivity (Wildman–Crippen MR) is 93.6 cm³/mol. The van der Waals surface area contributed by atoms with Gasteiger partial charge in [0.25, 0.3) is 0 Å². The average molecular weight is 316 g/mol. The minimum atomic E-state index is -0.210. The van der Waals surface area contributed by atoms with Gasteiger partial charge in [-0.15, -0.1) is 0 Å². The smallest absolute Gasteiger partial charge is 0.236 e. The second-order valence-corrected chi connectivity index (χ2v) is 5.42. The molecule has 0 radical (unpaired) electrons. The number of carbonyl (C=O) groups excluding carboxylic acids is 1. The van der Waals surface area contributed by atoms with Crippen LogP contribution in [0.3, 0.4) is 0 Å². The molecular weight excluding hydrogens is 300 g/mol. The van der Waals surface area contributed by atoms with Gasteiger partial charge in [-0.1, -0.05) is 36.4 Å². The maximum atomic E-state index is 11.0. The number of nitriles is 1. The first-order chi connectivity index (χ1) is 11.7. The maximum absolute atomic E-state index is 11.0. The highest BCUT2D eigenvalue weighted by atomic mass is 16.2. The molecule has 0 aliphatic heterocycles. The standard InChI is InChI=1S/C19H16N4O/c1-14(24)22-21-11-17-13-23(19-9-5-4-8-18(17)19)12-16-7-3-2-6-15(16)10-20/h2-9,11,13H,12H2,1H3,(H,22,24)/b21-11+. The molecule has 1 amide bonds. The molecule has 0 spiro atoms. The first kappa shape index (κ1) is 15.5. The number of rotatable bonds is 4. The number of amides is 1. The summed E-state index contributed by atoms with van der Waals surface area (Å²) in [6.45, 7) is 2.01. The van der Waals surface area contributed by atoms with Crippen molar-refractivity contribution in [2.75, 3.05) is 0 Å². The molecular formula is C19H16N4O. The predicted octanol–water partition coefficient (Wildman–Crippen LogP) is 3.03. The summed E-state index contributed by atoms with van der Waals surface area (Å²) >= 11 is 0. The zero-order chi connectivity index (χ0) is 16.9. The second kappa shape index (κ2) is 6.80. The third kappa shape index (κ3) is 3.18. The Morgan fingerprint density at radius 1 is 1.25 bits per heavy atom. The molecule has 0 atom stereocenters. The highest BCUT2D eigenvalue weighted by molar-refractivity contribution is 5.99. The SMILES string of the molecule is CC(=O)N/N=C/c1cn(Cc2ccccc2C#N)c2ccccc12. The van der Waals surface area contributed by atoms with Gasteiger partial charge in [0.2, 0.25) is 5.91 Å². The number of aromatic nitrogens is 1.